The van der Waals surface area contributed by atoms with Gasteiger partial charge in [0, 0.05) is 10.1 Å². The third-order valence-corrected chi connectivity index (χ3v) is 4.49. The van der Waals surface area contributed by atoms with Crippen LogP contribution in [0.25, 0.3) is 32.0 Å². The van der Waals surface area contributed by atoms with Crippen LogP contribution in [0.4, 0.5) is 0 Å². The minimum atomic E-state index is 1.29. The molecule has 0 aliphatic heterocycles. The first-order valence-electron chi connectivity index (χ1n) is 6.38. The third kappa shape index (κ3) is 1.66. The topological polar surface area (TPSA) is 0 Å². The summed E-state index contributed by atoms with van der Waals surface area (Å²) in [5, 5.41) is 6.21. The minimum Gasteiger partial charge on any atom is -0.143 e. The second-order valence-corrected chi connectivity index (χ2v) is 5.59. The molecule has 1 aromatic heterocycles. The van der Waals surface area contributed by atoms with Gasteiger partial charge in [0.05, 0.1) is 0 Å². The van der Waals surface area contributed by atoms with Gasteiger partial charge in [-0.15, -0.1) is 11.3 Å². The van der Waals surface area contributed by atoms with Gasteiger partial charge in [0.2, 0.25) is 0 Å². The van der Waals surface area contributed by atoms with Crippen molar-refractivity contribution in [2.24, 2.45) is 0 Å². The molecule has 1 heteroatoms. The minimum absolute atomic E-state index is 1.29. The zero-order valence-electron chi connectivity index (χ0n) is 10.3. The Balaban J connectivity index is 2.17. The van der Waals surface area contributed by atoms with Gasteiger partial charge >= 0.3 is 0 Å². The number of hydrogen-bond donors (Lipinski definition) is 0. The summed E-state index contributed by atoms with van der Waals surface area (Å²) in [5.41, 5.74) is 2.62. The Labute approximate surface area is 115 Å². The molecular weight excluding hydrogens is 248 g/mol. The van der Waals surface area contributed by atoms with Crippen molar-refractivity contribution in [3.63, 3.8) is 0 Å². The van der Waals surface area contributed by atoms with E-state index >= 15 is 0 Å². The van der Waals surface area contributed by atoms with Crippen LogP contribution in [0.1, 0.15) is 0 Å². The van der Waals surface area contributed by atoms with Gasteiger partial charge in [-0.2, -0.15) is 0 Å². The van der Waals surface area contributed by atoms with Gasteiger partial charge in [-0.05, 0) is 39.4 Å². The second-order valence-electron chi connectivity index (χ2n) is 4.67. The van der Waals surface area contributed by atoms with E-state index in [1.165, 1.54) is 32.0 Å². The van der Waals surface area contributed by atoms with Crippen LogP contribution in [-0.2, 0) is 0 Å². The highest BCUT2D eigenvalue weighted by atomic mass is 32.1. The molecule has 19 heavy (non-hydrogen) atoms. The van der Waals surface area contributed by atoms with Crippen LogP contribution in [0.2, 0.25) is 0 Å². The second kappa shape index (κ2) is 4.22. The molecule has 0 unspecified atom stereocenters. The molecule has 0 saturated heterocycles. The monoisotopic (exact) mass is 260 g/mol. The third-order valence-electron chi connectivity index (χ3n) is 3.55. The SMILES string of the molecule is c1ccc(-c2cc3ccccc3c3sccc23)cc1. The van der Waals surface area contributed by atoms with Gasteiger partial charge in [-0.3, -0.25) is 0 Å². The first kappa shape index (κ1) is 10.8. The molecule has 0 amide bonds. The summed E-state index contributed by atoms with van der Waals surface area (Å²) < 4.78 is 1.39. The van der Waals surface area contributed by atoms with Gasteiger partial charge < -0.3 is 0 Å². The maximum Gasteiger partial charge on any atom is 0.0427 e. The summed E-state index contributed by atoms with van der Waals surface area (Å²) in [4.78, 5) is 0. The van der Waals surface area contributed by atoms with E-state index in [9.17, 15) is 0 Å². The normalized spacial score (nSPS) is 11.2. The van der Waals surface area contributed by atoms with E-state index in [-0.39, 0.29) is 0 Å². The lowest BCUT2D eigenvalue weighted by atomic mass is 9.98. The number of hydrogen-bond acceptors (Lipinski definition) is 1. The van der Waals surface area contributed by atoms with Crippen LogP contribution < -0.4 is 0 Å². The van der Waals surface area contributed by atoms with E-state index < -0.39 is 0 Å². The molecule has 4 aromatic rings. The van der Waals surface area contributed by atoms with Crippen molar-refractivity contribution in [1.29, 1.82) is 0 Å². The molecule has 0 atom stereocenters. The van der Waals surface area contributed by atoms with Gasteiger partial charge in [0.25, 0.3) is 0 Å². The lowest BCUT2D eigenvalue weighted by Gasteiger charge is -2.07. The predicted molar refractivity (Wildman–Crippen MR) is 84.8 cm³/mol. The maximum absolute atomic E-state index is 2.31. The largest absolute Gasteiger partial charge is 0.143 e. The quantitative estimate of drug-likeness (QED) is 0.410. The highest BCUT2D eigenvalue weighted by Crippen LogP contribution is 2.37. The van der Waals surface area contributed by atoms with Crippen LogP contribution in [0.3, 0.4) is 0 Å². The Morgan fingerprint density at radius 3 is 2.37 bits per heavy atom. The smallest absolute Gasteiger partial charge is 0.0427 e. The highest BCUT2D eigenvalue weighted by molar-refractivity contribution is 7.18. The maximum atomic E-state index is 2.31. The summed E-state index contributed by atoms with van der Waals surface area (Å²) in [6.07, 6.45) is 0. The Bertz CT molecular complexity index is 857. The molecule has 0 radical (unpaired) electrons. The summed E-state index contributed by atoms with van der Waals surface area (Å²) in [5.74, 6) is 0. The molecule has 0 spiro atoms. The molecule has 0 bridgehead atoms. The average molecular weight is 260 g/mol. The lowest BCUT2D eigenvalue weighted by molar-refractivity contribution is 1.68. The van der Waals surface area contributed by atoms with E-state index in [4.69, 9.17) is 0 Å². The van der Waals surface area contributed by atoms with Gasteiger partial charge in [0.15, 0.2) is 0 Å². The summed E-state index contributed by atoms with van der Waals surface area (Å²) in [6.45, 7) is 0. The van der Waals surface area contributed by atoms with Crippen LogP contribution in [0.15, 0.2) is 72.1 Å². The molecule has 1 heterocycles. The number of benzene rings is 3. The van der Waals surface area contributed by atoms with E-state index in [0.717, 1.165) is 0 Å². The highest BCUT2D eigenvalue weighted by Gasteiger charge is 2.08. The lowest BCUT2D eigenvalue weighted by Crippen LogP contribution is -1.80. The van der Waals surface area contributed by atoms with Crippen molar-refractivity contribution in [3.05, 3.63) is 72.1 Å². The predicted octanol–water partition coefficient (Wildman–Crippen LogP) is 5.72. The van der Waals surface area contributed by atoms with Gasteiger partial charge in [-0.1, -0.05) is 54.6 Å². The van der Waals surface area contributed by atoms with E-state index in [1.807, 2.05) is 11.3 Å². The first-order chi connectivity index (χ1) is 9.43. The Morgan fingerprint density at radius 2 is 1.47 bits per heavy atom. The molecule has 0 aliphatic carbocycles. The van der Waals surface area contributed by atoms with Crippen LogP contribution in [-0.4, -0.2) is 0 Å². The van der Waals surface area contributed by atoms with Crippen molar-refractivity contribution in [2.45, 2.75) is 0 Å². The van der Waals surface area contributed by atoms with E-state index in [0.29, 0.717) is 0 Å². The number of fused-ring (bicyclic) bond motifs is 3. The van der Waals surface area contributed by atoms with Crippen molar-refractivity contribution < 1.29 is 0 Å². The standard InChI is InChI=1S/C18H12S/c1-2-6-13(7-3-1)17-12-14-8-4-5-9-15(14)18-16(17)10-11-19-18/h1-12H. The Hall–Kier alpha value is -2.12. The van der Waals surface area contributed by atoms with Crippen LogP contribution >= 0.6 is 11.3 Å². The summed E-state index contributed by atoms with van der Waals surface area (Å²) in [7, 11) is 0. The molecule has 0 saturated carbocycles. The molecule has 0 nitrogen and oxygen atoms in total. The zero-order chi connectivity index (χ0) is 12.7. The summed E-state index contributed by atoms with van der Waals surface area (Å²) in [6, 6.07) is 23.8. The van der Waals surface area contributed by atoms with Gasteiger partial charge in [-0.25, -0.2) is 0 Å². The fourth-order valence-electron chi connectivity index (χ4n) is 2.65. The zero-order valence-corrected chi connectivity index (χ0v) is 11.2. The first-order valence-corrected chi connectivity index (χ1v) is 7.26. The van der Waals surface area contributed by atoms with Crippen molar-refractivity contribution in [2.75, 3.05) is 0 Å². The van der Waals surface area contributed by atoms with Gasteiger partial charge in [0.1, 0.15) is 0 Å². The molecule has 0 aliphatic rings. The molecule has 4 rings (SSSR count). The van der Waals surface area contributed by atoms with E-state index in [1.54, 1.807) is 0 Å². The number of rotatable bonds is 1. The summed E-state index contributed by atoms with van der Waals surface area (Å²) >= 11 is 1.83. The van der Waals surface area contributed by atoms with E-state index in [2.05, 4.69) is 72.1 Å². The van der Waals surface area contributed by atoms with Crippen molar-refractivity contribution in [1.82, 2.24) is 0 Å². The molecule has 3 aromatic carbocycles. The number of thiophene rings is 1. The van der Waals surface area contributed by atoms with Crippen LogP contribution in [0, 0.1) is 0 Å². The average Bonchev–Trinajstić information content (AvgIpc) is 2.97. The molecular formula is C18H12S. The van der Waals surface area contributed by atoms with Crippen molar-refractivity contribution >= 4 is 32.2 Å². The fourth-order valence-corrected chi connectivity index (χ4v) is 3.61. The Kier molecular flexibility index (Phi) is 2.39. The molecule has 90 valence electrons. The molecule has 0 fully saturated rings. The fraction of sp³-hybridized carbons (Fsp3) is 0. The Morgan fingerprint density at radius 1 is 0.684 bits per heavy atom. The van der Waals surface area contributed by atoms with Crippen LogP contribution in [0.5, 0.6) is 0 Å². The molecule has 0 N–H and O–H groups in total. The van der Waals surface area contributed by atoms with Crippen molar-refractivity contribution in [3.8, 4) is 11.1 Å².